The number of amides is 1. The van der Waals surface area contributed by atoms with Crippen LogP contribution in [0.25, 0.3) is 21.8 Å². The highest BCUT2D eigenvalue weighted by molar-refractivity contribution is 6.06. The number of piperazine rings is 1. The van der Waals surface area contributed by atoms with E-state index in [1.165, 1.54) is 10.9 Å². The average molecular weight is 417 g/mol. The van der Waals surface area contributed by atoms with Crippen molar-refractivity contribution >= 4 is 33.4 Å². The lowest BCUT2D eigenvalue weighted by Gasteiger charge is -2.36. The molecule has 4 aromatic rings. The largest absolute Gasteiger partial charge is 0.395 e. The van der Waals surface area contributed by atoms with Crippen molar-refractivity contribution in [1.29, 1.82) is 0 Å². The number of aliphatic hydroxyl groups is 1. The zero-order chi connectivity index (χ0) is 21.4. The van der Waals surface area contributed by atoms with E-state index in [0.717, 1.165) is 22.2 Å². The Kier molecular flexibility index (Phi) is 4.91. The van der Waals surface area contributed by atoms with E-state index in [0.29, 0.717) is 37.1 Å². The molecule has 2 aromatic heterocycles. The van der Waals surface area contributed by atoms with Gasteiger partial charge in [-0.1, -0.05) is 6.07 Å². The van der Waals surface area contributed by atoms with Crippen LogP contribution in [0.2, 0.25) is 0 Å². The van der Waals surface area contributed by atoms with E-state index < -0.39 is 0 Å². The van der Waals surface area contributed by atoms with E-state index in [2.05, 4.69) is 14.9 Å². The number of anilines is 1. The predicted octanol–water partition coefficient (Wildman–Crippen LogP) is 1.83. The molecule has 5 rings (SSSR count). The molecule has 8 nitrogen and oxygen atoms in total. The first kappa shape index (κ1) is 19.3. The molecule has 0 radical (unpaired) electrons. The van der Waals surface area contributed by atoms with Crippen molar-refractivity contribution in [3.63, 3.8) is 0 Å². The first-order valence-electron chi connectivity index (χ1n) is 10.4. The summed E-state index contributed by atoms with van der Waals surface area (Å²) in [7, 11) is 0. The van der Waals surface area contributed by atoms with Crippen LogP contribution in [0.3, 0.4) is 0 Å². The number of fused-ring (bicyclic) bond motifs is 2. The fourth-order valence-corrected chi connectivity index (χ4v) is 4.22. The average Bonchev–Trinajstić information content (AvgIpc) is 3.29. The van der Waals surface area contributed by atoms with Crippen molar-refractivity contribution in [1.82, 2.24) is 19.4 Å². The van der Waals surface area contributed by atoms with Gasteiger partial charge in [0.05, 0.1) is 30.4 Å². The van der Waals surface area contributed by atoms with Crippen molar-refractivity contribution in [3.05, 3.63) is 70.9 Å². The lowest BCUT2D eigenvalue weighted by Crippen LogP contribution is -2.48. The maximum Gasteiger partial charge on any atom is 0.261 e. The number of nitrogens with one attached hydrogen (secondary N) is 1. The normalized spacial score (nSPS) is 14.5. The minimum Gasteiger partial charge on any atom is -0.395 e. The molecule has 158 valence electrons. The maximum atomic E-state index is 13.1. The molecular formula is C23H23N5O3. The van der Waals surface area contributed by atoms with Gasteiger partial charge in [-0.2, -0.15) is 0 Å². The van der Waals surface area contributed by atoms with Crippen molar-refractivity contribution in [3.8, 4) is 0 Å². The minimum atomic E-state index is -0.153. The Morgan fingerprint density at radius 1 is 1.06 bits per heavy atom. The standard InChI is InChI=1S/C23H23N5O3/c29-13-12-28-15-25-21-14-16(4-5-19(21)23(28)31)26-8-10-27(11-9-26)22(30)18-2-1-3-20-17(18)6-7-24-20/h1-7,14-15,24,29H,8-13H2. The summed E-state index contributed by atoms with van der Waals surface area (Å²) in [5, 5.41) is 10.6. The topological polar surface area (TPSA) is 94.5 Å². The highest BCUT2D eigenvalue weighted by Gasteiger charge is 2.24. The summed E-state index contributed by atoms with van der Waals surface area (Å²) in [4.78, 5) is 37.2. The molecular weight excluding hydrogens is 394 g/mol. The van der Waals surface area contributed by atoms with Crippen molar-refractivity contribution in [2.75, 3.05) is 37.7 Å². The number of aliphatic hydroxyl groups excluding tert-OH is 1. The van der Waals surface area contributed by atoms with Gasteiger partial charge in [-0.25, -0.2) is 4.98 Å². The SMILES string of the molecule is O=C(c1cccc2[nH]ccc12)N1CCN(c2ccc3c(=O)n(CCO)cnc3c2)CC1. The molecule has 1 saturated heterocycles. The van der Waals surface area contributed by atoms with Gasteiger partial charge in [0.2, 0.25) is 0 Å². The predicted molar refractivity (Wildman–Crippen MR) is 120 cm³/mol. The molecule has 1 amide bonds. The van der Waals surface area contributed by atoms with Gasteiger partial charge in [0.1, 0.15) is 0 Å². The number of aromatic amines is 1. The van der Waals surface area contributed by atoms with Crippen molar-refractivity contribution in [2.24, 2.45) is 0 Å². The summed E-state index contributed by atoms with van der Waals surface area (Å²) in [5.74, 6) is 0.0504. The quantitative estimate of drug-likeness (QED) is 0.528. The summed E-state index contributed by atoms with van der Waals surface area (Å²) < 4.78 is 1.41. The molecule has 0 spiro atoms. The minimum absolute atomic E-state index is 0.0504. The summed E-state index contributed by atoms with van der Waals surface area (Å²) in [6, 6.07) is 13.3. The molecule has 0 unspecified atom stereocenters. The zero-order valence-electron chi connectivity index (χ0n) is 17.0. The van der Waals surface area contributed by atoms with Crippen LogP contribution in [0.5, 0.6) is 0 Å². The Labute approximate surface area is 178 Å². The second-order valence-corrected chi connectivity index (χ2v) is 7.69. The van der Waals surface area contributed by atoms with E-state index in [1.54, 1.807) is 6.07 Å². The van der Waals surface area contributed by atoms with E-state index in [4.69, 9.17) is 5.11 Å². The number of hydrogen-bond donors (Lipinski definition) is 2. The molecule has 2 N–H and O–H groups in total. The van der Waals surface area contributed by atoms with Gasteiger partial charge >= 0.3 is 0 Å². The number of carbonyl (C=O) groups excluding carboxylic acids is 1. The Hall–Kier alpha value is -3.65. The van der Waals surface area contributed by atoms with Gasteiger partial charge in [0.15, 0.2) is 0 Å². The monoisotopic (exact) mass is 417 g/mol. The van der Waals surface area contributed by atoms with Crippen LogP contribution >= 0.6 is 0 Å². The number of benzene rings is 2. The van der Waals surface area contributed by atoms with E-state index in [1.807, 2.05) is 47.5 Å². The summed E-state index contributed by atoms with van der Waals surface area (Å²) in [5.41, 5.74) is 3.15. The lowest BCUT2D eigenvalue weighted by atomic mass is 10.1. The van der Waals surface area contributed by atoms with Crippen LogP contribution in [-0.2, 0) is 6.54 Å². The molecule has 0 atom stereocenters. The number of hydrogen-bond acceptors (Lipinski definition) is 5. The summed E-state index contributed by atoms with van der Waals surface area (Å²) in [6.45, 7) is 2.80. The number of nitrogens with zero attached hydrogens (tertiary/aromatic N) is 4. The number of rotatable bonds is 4. The van der Waals surface area contributed by atoms with Crippen LogP contribution < -0.4 is 10.5 Å². The van der Waals surface area contributed by atoms with Gasteiger partial charge in [0.25, 0.3) is 11.5 Å². The second-order valence-electron chi connectivity index (χ2n) is 7.69. The molecule has 2 aromatic carbocycles. The Bertz CT molecular complexity index is 1320. The Morgan fingerprint density at radius 2 is 1.90 bits per heavy atom. The molecule has 31 heavy (non-hydrogen) atoms. The van der Waals surface area contributed by atoms with Gasteiger partial charge < -0.3 is 19.9 Å². The maximum absolute atomic E-state index is 13.1. The summed E-state index contributed by atoms with van der Waals surface area (Å²) >= 11 is 0. The Morgan fingerprint density at radius 3 is 2.71 bits per heavy atom. The zero-order valence-corrected chi connectivity index (χ0v) is 17.0. The molecule has 1 aliphatic heterocycles. The lowest BCUT2D eigenvalue weighted by molar-refractivity contribution is 0.0749. The van der Waals surface area contributed by atoms with E-state index in [-0.39, 0.29) is 24.6 Å². The van der Waals surface area contributed by atoms with Gasteiger partial charge in [0, 0.05) is 54.5 Å². The van der Waals surface area contributed by atoms with Crippen LogP contribution in [-0.4, -0.2) is 63.2 Å². The van der Waals surface area contributed by atoms with Crippen LogP contribution in [0.4, 0.5) is 5.69 Å². The highest BCUT2D eigenvalue weighted by atomic mass is 16.3. The molecule has 8 heteroatoms. The molecule has 0 saturated carbocycles. The summed E-state index contributed by atoms with van der Waals surface area (Å²) in [6.07, 6.45) is 3.33. The molecule has 1 aliphatic rings. The van der Waals surface area contributed by atoms with Crippen LogP contribution in [0.15, 0.2) is 59.8 Å². The molecule has 0 aliphatic carbocycles. The number of carbonyl (C=O) groups is 1. The molecule has 3 heterocycles. The van der Waals surface area contributed by atoms with Crippen molar-refractivity contribution < 1.29 is 9.90 Å². The smallest absolute Gasteiger partial charge is 0.261 e. The van der Waals surface area contributed by atoms with E-state index >= 15 is 0 Å². The third-order valence-corrected chi connectivity index (χ3v) is 5.91. The highest BCUT2D eigenvalue weighted by Crippen LogP contribution is 2.23. The Balaban J connectivity index is 1.32. The fraction of sp³-hybridized carbons (Fsp3) is 0.261. The second kappa shape index (κ2) is 7.88. The third-order valence-electron chi connectivity index (χ3n) is 5.91. The first-order chi connectivity index (χ1) is 15.2. The number of aromatic nitrogens is 3. The molecule has 1 fully saturated rings. The fourth-order valence-electron chi connectivity index (χ4n) is 4.22. The van der Waals surface area contributed by atoms with Crippen molar-refractivity contribution in [2.45, 2.75) is 6.54 Å². The van der Waals surface area contributed by atoms with Gasteiger partial charge in [-0.3, -0.25) is 14.2 Å². The molecule has 0 bridgehead atoms. The van der Waals surface area contributed by atoms with Crippen LogP contribution in [0, 0.1) is 0 Å². The van der Waals surface area contributed by atoms with Crippen LogP contribution in [0.1, 0.15) is 10.4 Å². The van der Waals surface area contributed by atoms with Gasteiger partial charge in [-0.05, 0) is 36.4 Å². The number of H-pyrrole nitrogens is 1. The van der Waals surface area contributed by atoms with E-state index in [9.17, 15) is 9.59 Å². The third kappa shape index (κ3) is 3.44. The first-order valence-corrected chi connectivity index (χ1v) is 10.4. The van der Waals surface area contributed by atoms with Gasteiger partial charge in [-0.15, -0.1) is 0 Å².